The Morgan fingerprint density at radius 1 is 0.479 bits per heavy atom. The molecule has 5 heteroatoms. The average Bonchev–Trinajstić information content (AvgIpc) is 4.18. The fraction of sp³-hybridized carbons (Fsp3) is 0.121. The zero-order valence-electron chi connectivity index (χ0n) is 45.6. The first-order valence-corrected chi connectivity index (χ1v) is 25.3. The third-order valence-corrected chi connectivity index (χ3v) is 15.7. The fourth-order valence-corrected chi connectivity index (χ4v) is 12.1. The van der Waals surface area contributed by atoms with E-state index in [9.17, 15) is 2.74 Å². The molecule has 0 amide bonds. The highest BCUT2D eigenvalue weighted by atomic mass is 32.1. The van der Waals surface area contributed by atoms with Crippen LogP contribution in [-0.4, -0.2) is 6.71 Å². The van der Waals surface area contributed by atoms with Gasteiger partial charge in [-0.1, -0.05) is 193 Å². The number of fused-ring (bicyclic) bond motifs is 7. The van der Waals surface area contributed by atoms with Crippen molar-refractivity contribution in [3.63, 3.8) is 0 Å². The monoisotopic (exact) mass is 937 g/mol. The topological polar surface area (TPSA) is 19.6 Å². The number of furan rings is 1. The molecule has 9 aromatic carbocycles. The Bertz CT molecular complexity index is 4110. The highest BCUT2D eigenvalue weighted by Gasteiger charge is 2.46. The molecule has 0 atom stereocenters. The van der Waals surface area contributed by atoms with Crippen LogP contribution in [0, 0.1) is 0 Å². The number of thiophene rings is 1. The summed E-state index contributed by atoms with van der Waals surface area (Å²) in [6.45, 7) is 13.3. The van der Waals surface area contributed by atoms with Crippen molar-refractivity contribution in [3.05, 3.63) is 223 Å². The van der Waals surface area contributed by atoms with Crippen molar-refractivity contribution in [1.82, 2.24) is 0 Å². The van der Waals surface area contributed by atoms with Gasteiger partial charge in [-0.15, -0.1) is 11.3 Å². The first-order valence-electron chi connectivity index (χ1n) is 26.9. The summed E-state index contributed by atoms with van der Waals surface area (Å²) in [6, 6.07) is 62.6. The fourth-order valence-electron chi connectivity index (χ4n) is 10.8. The van der Waals surface area contributed by atoms with E-state index < -0.39 is 6.04 Å². The van der Waals surface area contributed by atoms with E-state index in [1.54, 1.807) is 0 Å². The predicted molar refractivity (Wildman–Crippen MR) is 305 cm³/mol. The Labute approximate surface area is 428 Å². The van der Waals surface area contributed by atoms with Crippen LogP contribution in [0.1, 0.15) is 59.5 Å². The van der Waals surface area contributed by atoms with Crippen molar-refractivity contribution in [3.8, 4) is 44.7 Å². The predicted octanol–water partition coefficient (Wildman–Crippen LogP) is 17.0. The van der Waals surface area contributed by atoms with Crippen LogP contribution >= 0.6 is 11.3 Å². The number of nitrogens with zero attached hydrogens (tertiary/aromatic N) is 2. The summed E-state index contributed by atoms with van der Waals surface area (Å²) in [6.07, 6.45) is 0. The van der Waals surface area contributed by atoms with Crippen molar-refractivity contribution in [2.24, 2.45) is 0 Å². The summed E-state index contributed by atoms with van der Waals surface area (Å²) in [4.78, 5) is 4.73. The number of benzene rings is 9. The second kappa shape index (κ2) is 16.4. The second-order valence-electron chi connectivity index (χ2n) is 21.0. The Hall–Kier alpha value is -7.86. The minimum atomic E-state index is -0.426. The van der Waals surface area contributed by atoms with Crippen LogP contribution in [0.25, 0.3) is 65.8 Å². The third kappa shape index (κ3) is 7.16. The molecule has 0 spiro atoms. The lowest BCUT2D eigenvalue weighted by atomic mass is 9.36. The minimum Gasteiger partial charge on any atom is -0.455 e. The molecular weight excluding hydrogens is 880 g/mol. The SMILES string of the molecule is [2H]c1c([2H])c([2H])c(-c2cc3c4c(c2)N(c2ccc5oc(-c6ccccc6)c(-c6ccccc6)c5c2)c2c(sc5ccc(C(C)(C)C)cc25)B4c2cc(C(C)(C)C)ccc2N3c2ccc(-c3ccccc3)cc2)c([2H])c1[2H]. The lowest BCUT2D eigenvalue weighted by molar-refractivity contribution is 0.590. The van der Waals surface area contributed by atoms with Gasteiger partial charge in [0, 0.05) is 59.8 Å². The maximum atomic E-state index is 9.47. The van der Waals surface area contributed by atoms with E-state index in [1.807, 2.05) is 41.7 Å². The Kier molecular flexibility index (Phi) is 8.75. The van der Waals surface area contributed by atoms with Crippen LogP contribution < -0.4 is 25.5 Å². The van der Waals surface area contributed by atoms with Gasteiger partial charge in [-0.2, -0.15) is 0 Å². The molecule has 0 bridgehead atoms. The van der Waals surface area contributed by atoms with Crippen LogP contribution in [-0.2, 0) is 10.8 Å². The van der Waals surface area contributed by atoms with Crippen LogP contribution in [0.3, 0.4) is 0 Å². The summed E-state index contributed by atoms with van der Waals surface area (Å²) in [5.41, 5.74) is 16.7. The molecule has 0 aliphatic carbocycles. The van der Waals surface area contributed by atoms with Crippen molar-refractivity contribution in [2.45, 2.75) is 52.4 Å². The Balaban J connectivity index is 1.17. The summed E-state index contributed by atoms with van der Waals surface area (Å²) in [7, 11) is 0. The van der Waals surface area contributed by atoms with E-state index in [2.05, 4.69) is 203 Å². The van der Waals surface area contributed by atoms with Gasteiger partial charge in [-0.3, -0.25) is 0 Å². The van der Waals surface area contributed by atoms with Crippen molar-refractivity contribution in [2.75, 3.05) is 9.80 Å². The number of anilines is 6. The summed E-state index contributed by atoms with van der Waals surface area (Å²) < 4.78 is 54.8. The Morgan fingerprint density at radius 2 is 1.07 bits per heavy atom. The molecule has 4 heterocycles. The summed E-state index contributed by atoms with van der Waals surface area (Å²) in [5.74, 6) is 0.787. The molecule has 0 fully saturated rings. The van der Waals surface area contributed by atoms with Gasteiger partial charge in [-0.25, -0.2) is 0 Å². The zero-order valence-corrected chi connectivity index (χ0v) is 41.4. The summed E-state index contributed by atoms with van der Waals surface area (Å²) in [5, 5.41) is 2.08. The molecule has 0 N–H and O–H groups in total. The van der Waals surface area contributed by atoms with Gasteiger partial charge in [-0.05, 0) is 121 Å². The molecule has 3 nitrogen and oxygen atoms in total. The smallest absolute Gasteiger partial charge is 0.264 e. The van der Waals surface area contributed by atoms with Gasteiger partial charge in [0.25, 0.3) is 6.71 Å². The number of rotatable bonds is 6. The molecule has 0 saturated heterocycles. The van der Waals surface area contributed by atoms with Crippen LogP contribution in [0.5, 0.6) is 0 Å². The van der Waals surface area contributed by atoms with E-state index in [-0.39, 0.29) is 47.3 Å². The molecule has 13 rings (SSSR count). The van der Waals surface area contributed by atoms with Crippen LogP contribution in [0.15, 0.2) is 217 Å². The third-order valence-electron chi connectivity index (χ3n) is 14.4. The van der Waals surface area contributed by atoms with E-state index in [0.717, 1.165) is 94.2 Å². The molecular formula is C66H53BN2OS. The van der Waals surface area contributed by atoms with Crippen molar-refractivity contribution >= 4 is 88.9 Å². The first kappa shape index (κ1) is 38.0. The van der Waals surface area contributed by atoms with E-state index in [0.29, 0.717) is 5.56 Å². The minimum absolute atomic E-state index is 0.147. The normalized spacial score (nSPS) is 14.1. The first-order chi connectivity index (χ1) is 36.5. The molecule has 71 heavy (non-hydrogen) atoms. The van der Waals surface area contributed by atoms with Crippen molar-refractivity contribution in [1.29, 1.82) is 0 Å². The molecule has 2 aliphatic rings. The highest BCUT2D eigenvalue weighted by Crippen LogP contribution is 2.51. The lowest BCUT2D eigenvalue weighted by Gasteiger charge is -2.44. The van der Waals surface area contributed by atoms with Crippen molar-refractivity contribution < 1.29 is 11.3 Å². The Morgan fingerprint density at radius 3 is 1.75 bits per heavy atom. The van der Waals surface area contributed by atoms with Gasteiger partial charge in [0.1, 0.15) is 11.3 Å². The van der Waals surface area contributed by atoms with Gasteiger partial charge in [0.15, 0.2) is 0 Å². The lowest BCUT2D eigenvalue weighted by Crippen LogP contribution is -2.60. The maximum Gasteiger partial charge on any atom is 0.264 e. The summed E-state index contributed by atoms with van der Waals surface area (Å²) >= 11 is 1.84. The molecule has 0 saturated carbocycles. The largest absolute Gasteiger partial charge is 0.455 e. The molecule has 0 radical (unpaired) electrons. The van der Waals surface area contributed by atoms with Gasteiger partial charge in [0.2, 0.25) is 0 Å². The van der Waals surface area contributed by atoms with E-state index in [1.165, 1.54) is 21.4 Å². The number of hydrogen-bond donors (Lipinski definition) is 0. The standard InChI is InChI=1S/C66H53BN2OS/c1-65(2,3)48-30-36-59-53(39-48)62-64(71-59)67-54-40-49(66(4,5)6)29-34-55(54)68(50-31-27-44(28-32-50)42-19-11-7-12-20-42)56-37-47(43-21-13-8-14-22-43)38-57(61(56)67)69(62)51-33-35-58-52(41-51)60(45-23-15-9-16-24-45)63(70-58)46-25-17-10-18-26-46/h7-41H,1-6H3/i8D,13D,14D,21D,22D. The zero-order chi connectivity index (χ0) is 52.5. The molecule has 11 aromatic rings. The maximum absolute atomic E-state index is 9.47. The second-order valence-corrected chi connectivity index (χ2v) is 22.0. The molecule has 342 valence electrons. The molecule has 0 unspecified atom stereocenters. The highest BCUT2D eigenvalue weighted by molar-refractivity contribution is 7.33. The average molecular weight is 938 g/mol. The van der Waals surface area contributed by atoms with Crippen LogP contribution in [0.2, 0.25) is 0 Å². The van der Waals surface area contributed by atoms with Gasteiger partial charge < -0.3 is 14.2 Å². The molecule has 2 aliphatic heterocycles. The van der Waals surface area contributed by atoms with E-state index in [4.69, 9.17) is 8.53 Å². The number of hydrogen-bond acceptors (Lipinski definition) is 4. The van der Waals surface area contributed by atoms with Gasteiger partial charge >= 0.3 is 0 Å². The van der Waals surface area contributed by atoms with E-state index >= 15 is 0 Å². The van der Waals surface area contributed by atoms with Gasteiger partial charge in [0.05, 0.1) is 12.5 Å². The van der Waals surface area contributed by atoms with Crippen LogP contribution in [0.4, 0.5) is 34.1 Å². The molecule has 2 aromatic heterocycles. The quantitative estimate of drug-likeness (QED) is 0.155.